The largest absolute Gasteiger partial charge is 0.481 e. The molecule has 1 aromatic heterocycles. The molecule has 4 aromatic rings. The van der Waals surface area contributed by atoms with Crippen LogP contribution in [0.5, 0.6) is 0 Å². The van der Waals surface area contributed by atoms with E-state index < -0.39 is 23.9 Å². The minimum absolute atomic E-state index is 0.0270. The van der Waals surface area contributed by atoms with Gasteiger partial charge in [-0.05, 0) is 54.8 Å². The standard InChI is InChI=1S/C29H24Cl3N3O4/c30-20-9-5-18(6-10-20)27-22(17-25(36)37)26(33-35(27)24-4-2-1-3-23(24)32)28(38)34-15-13-29(39,14-16-34)19-7-11-21(31)12-8-19/h1-12,39H,13-17H2,(H,36,37). The number of para-hydroxylation sites is 1. The monoisotopic (exact) mass is 583 g/mol. The Morgan fingerprint density at radius 1 is 0.872 bits per heavy atom. The number of carboxylic acids is 1. The maximum absolute atomic E-state index is 13.9. The lowest BCUT2D eigenvalue weighted by Gasteiger charge is -2.38. The zero-order valence-corrected chi connectivity index (χ0v) is 22.9. The second-order valence-electron chi connectivity index (χ2n) is 9.45. The molecule has 2 N–H and O–H groups in total. The van der Waals surface area contributed by atoms with Crippen molar-refractivity contribution >= 4 is 46.7 Å². The summed E-state index contributed by atoms with van der Waals surface area (Å²) in [5.74, 6) is -1.51. The maximum atomic E-state index is 13.9. The van der Waals surface area contributed by atoms with Gasteiger partial charge in [0.25, 0.3) is 5.91 Å². The van der Waals surface area contributed by atoms with E-state index in [1.165, 1.54) is 4.68 Å². The van der Waals surface area contributed by atoms with Crippen molar-refractivity contribution in [1.29, 1.82) is 0 Å². The molecule has 0 unspecified atom stereocenters. The second-order valence-corrected chi connectivity index (χ2v) is 10.7. The minimum atomic E-state index is -1.10. The average Bonchev–Trinajstić information content (AvgIpc) is 3.28. The number of hydrogen-bond donors (Lipinski definition) is 2. The van der Waals surface area contributed by atoms with Crippen molar-refractivity contribution in [3.05, 3.63) is 105 Å². The molecule has 2 heterocycles. The lowest BCUT2D eigenvalue weighted by molar-refractivity contribution is -0.136. The molecule has 200 valence electrons. The molecular formula is C29H24Cl3N3O4. The summed E-state index contributed by atoms with van der Waals surface area (Å²) in [6.45, 7) is 0.527. The first-order valence-electron chi connectivity index (χ1n) is 12.3. The van der Waals surface area contributed by atoms with Gasteiger partial charge in [-0.2, -0.15) is 5.10 Å². The average molecular weight is 585 g/mol. The smallest absolute Gasteiger partial charge is 0.307 e. The van der Waals surface area contributed by atoms with Gasteiger partial charge in [0.2, 0.25) is 0 Å². The summed E-state index contributed by atoms with van der Waals surface area (Å²) in [6.07, 6.45) is 0.194. The number of aromatic nitrogens is 2. The van der Waals surface area contributed by atoms with Crippen LogP contribution in [0.25, 0.3) is 16.9 Å². The highest BCUT2D eigenvalue weighted by Gasteiger charge is 2.37. The molecule has 39 heavy (non-hydrogen) atoms. The molecule has 1 aliphatic heterocycles. The normalized spacial score (nSPS) is 14.8. The summed E-state index contributed by atoms with van der Waals surface area (Å²) in [4.78, 5) is 27.4. The Morgan fingerprint density at radius 2 is 1.46 bits per heavy atom. The predicted molar refractivity (Wildman–Crippen MR) is 151 cm³/mol. The zero-order valence-electron chi connectivity index (χ0n) is 20.7. The van der Waals surface area contributed by atoms with Gasteiger partial charge < -0.3 is 15.1 Å². The van der Waals surface area contributed by atoms with Gasteiger partial charge in [0.05, 0.1) is 28.4 Å². The number of piperidine rings is 1. The SMILES string of the molecule is O=C(O)Cc1c(C(=O)N2CCC(O)(c3ccc(Cl)cc3)CC2)nn(-c2ccccc2Cl)c1-c1ccc(Cl)cc1. The first-order chi connectivity index (χ1) is 18.7. The first-order valence-corrected chi connectivity index (χ1v) is 13.4. The maximum Gasteiger partial charge on any atom is 0.307 e. The van der Waals surface area contributed by atoms with Gasteiger partial charge in [-0.3, -0.25) is 9.59 Å². The van der Waals surface area contributed by atoms with Crippen LogP contribution in [0.15, 0.2) is 72.8 Å². The van der Waals surface area contributed by atoms with E-state index in [4.69, 9.17) is 34.8 Å². The Morgan fingerprint density at radius 3 is 2.05 bits per heavy atom. The Hall–Kier alpha value is -3.36. The fourth-order valence-corrected chi connectivity index (χ4v) is 5.39. The van der Waals surface area contributed by atoms with E-state index in [-0.39, 0.29) is 24.3 Å². The van der Waals surface area contributed by atoms with E-state index in [2.05, 4.69) is 5.10 Å². The van der Waals surface area contributed by atoms with Crippen LogP contribution >= 0.6 is 34.8 Å². The van der Waals surface area contributed by atoms with Crippen molar-refractivity contribution in [1.82, 2.24) is 14.7 Å². The lowest BCUT2D eigenvalue weighted by atomic mass is 9.84. The molecule has 0 bridgehead atoms. The molecule has 0 saturated carbocycles. The van der Waals surface area contributed by atoms with Crippen LogP contribution in [-0.4, -0.2) is 49.9 Å². The molecule has 0 aliphatic carbocycles. The van der Waals surface area contributed by atoms with E-state index in [0.29, 0.717) is 44.9 Å². The third-order valence-electron chi connectivity index (χ3n) is 6.97. The first kappa shape index (κ1) is 27.2. The molecule has 0 radical (unpaired) electrons. The second kappa shape index (κ2) is 11.0. The third-order valence-corrected chi connectivity index (χ3v) is 7.80. The fourth-order valence-electron chi connectivity index (χ4n) is 4.92. The van der Waals surface area contributed by atoms with Gasteiger partial charge in [-0.15, -0.1) is 0 Å². The summed E-state index contributed by atoms with van der Waals surface area (Å²) in [5.41, 5.74) is 1.52. The van der Waals surface area contributed by atoms with E-state index in [1.807, 2.05) is 0 Å². The molecule has 7 nitrogen and oxygen atoms in total. The van der Waals surface area contributed by atoms with Gasteiger partial charge in [0, 0.05) is 34.3 Å². The highest BCUT2D eigenvalue weighted by atomic mass is 35.5. The number of aliphatic carboxylic acids is 1. The van der Waals surface area contributed by atoms with Crippen molar-refractivity contribution < 1.29 is 19.8 Å². The molecule has 1 saturated heterocycles. The Kier molecular flexibility index (Phi) is 7.69. The molecule has 1 aliphatic rings. The molecule has 1 amide bonds. The fraction of sp³-hybridized carbons (Fsp3) is 0.207. The van der Waals surface area contributed by atoms with Crippen molar-refractivity contribution in [2.75, 3.05) is 13.1 Å². The number of rotatable bonds is 6. The van der Waals surface area contributed by atoms with Crippen molar-refractivity contribution in [3.8, 4) is 16.9 Å². The molecule has 0 spiro atoms. The topological polar surface area (TPSA) is 95.7 Å². The molecule has 3 aromatic carbocycles. The number of nitrogens with zero attached hydrogens (tertiary/aromatic N) is 3. The molecule has 10 heteroatoms. The number of hydrogen-bond acceptors (Lipinski definition) is 4. The number of likely N-dealkylation sites (tertiary alicyclic amines) is 1. The molecule has 1 fully saturated rings. The van der Waals surface area contributed by atoms with Gasteiger partial charge in [-0.25, -0.2) is 4.68 Å². The van der Waals surface area contributed by atoms with Gasteiger partial charge in [0.15, 0.2) is 5.69 Å². The summed E-state index contributed by atoms with van der Waals surface area (Å²) < 4.78 is 1.52. The molecule has 5 rings (SSSR count). The zero-order chi connectivity index (χ0) is 27.7. The highest BCUT2D eigenvalue weighted by molar-refractivity contribution is 6.32. The Labute approximate surface area is 240 Å². The van der Waals surface area contributed by atoms with Gasteiger partial charge >= 0.3 is 5.97 Å². The lowest BCUT2D eigenvalue weighted by Crippen LogP contribution is -2.45. The number of benzene rings is 3. The van der Waals surface area contributed by atoms with Crippen LogP contribution < -0.4 is 0 Å². The van der Waals surface area contributed by atoms with E-state index in [0.717, 1.165) is 5.56 Å². The number of carboxylic acid groups (broad SMARTS) is 1. The van der Waals surface area contributed by atoms with Crippen LogP contribution in [-0.2, 0) is 16.8 Å². The third kappa shape index (κ3) is 5.54. The van der Waals surface area contributed by atoms with Crippen LogP contribution in [0, 0.1) is 0 Å². The summed E-state index contributed by atoms with van der Waals surface area (Å²) in [5, 5.41) is 27.2. The van der Waals surface area contributed by atoms with Crippen molar-refractivity contribution in [2.24, 2.45) is 0 Å². The predicted octanol–water partition coefficient (Wildman–Crippen LogP) is 6.25. The summed E-state index contributed by atoms with van der Waals surface area (Å²) in [7, 11) is 0. The minimum Gasteiger partial charge on any atom is -0.481 e. The van der Waals surface area contributed by atoms with Crippen molar-refractivity contribution in [2.45, 2.75) is 24.9 Å². The number of amides is 1. The van der Waals surface area contributed by atoms with Gasteiger partial charge in [-0.1, -0.05) is 71.2 Å². The van der Waals surface area contributed by atoms with E-state index >= 15 is 0 Å². The number of carbonyl (C=O) groups is 2. The highest BCUT2D eigenvalue weighted by Crippen LogP contribution is 2.36. The van der Waals surface area contributed by atoms with Crippen LogP contribution in [0.3, 0.4) is 0 Å². The van der Waals surface area contributed by atoms with E-state index in [1.54, 1.807) is 77.7 Å². The number of aliphatic hydroxyl groups is 1. The van der Waals surface area contributed by atoms with Crippen LogP contribution in [0.2, 0.25) is 15.1 Å². The summed E-state index contributed by atoms with van der Waals surface area (Å²) in [6, 6.07) is 20.9. The number of halogens is 3. The van der Waals surface area contributed by atoms with Crippen LogP contribution in [0.1, 0.15) is 34.5 Å². The number of carbonyl (C=O) groups excluding carboxylic acids is 1. The molecular weight excluding hydrogens is 561 g/mol. The quantitative estimate of drug-likeness (QED) is 0.279. The summed E-state index contributed by atoms with van der Waals surface area (Å²) >= 11 is 18.6. The van der Waals surface area contributed by atoms with E-state index in [9.17, 15) is 19.8 Å². The van der Waals surface area contributed by atoms with Gasteiger partial charge in [0.1, 0.15) is 0 Å². The van der Waals surface area contributed by atoms with Crippen molar-refractivity contribution in [3.63, 3.8) is 0 Å². The Bertz CT molecular complexity index is 1530. The Balaban J connectivity index is 1.55. The molecule has 0 atom stereocenters. The van der Waals surface area contributed by atoms with Crippen LogP contribution in [0.4, 0.5) is 0 Å².